The zero-order valence-electron chi connectivity index (χ0n) is 18.0. The van der Waals surface area contributed by atoms with Crippen molar-refractivity contribution in [1.82, 2.24) is 4.98 Å². The summed E-state index contributed by atoms with van der Waals surface area (Å²) < 4.78 is 5.78. The molecule has 1 aromatic carbocycles. The molecule has 3 heterocycles. The lowest BCUT2D eigenvalue weighted by atomic mass is 9.89. The lowest BCUT2D eigenvalue weighted by Gasteiger charge is -2.18. The van der Waals surface area contributed by atoms with Gasteiger partial charge >= 0.3 is 0 Å². The lowest BCUT2D eigenvalue weighted by molar-refractivity contribution is 0.103. The number of thiophene rings is 1. The maximum atomic E-state index is 13.3. The van der Waals surface area contributed by atoms with Gasteiger partial charge in [-0.15, -0.1) is 11.3 Å². The molecule has 0 atom stereocenters. The van der Waals surface area contributed by atoms with Gasteiger partial charge in [-0.1, -0.05) is 17.7 Å². The van der Waals surface area contributed by atoms with Crippen LogP contribution in [0.15, 0.2) is 34.9 Å². The number of carbonyl (C=O) groups is 1. The second kappa shape index (κ2) is 7.54. The number of nitrogen functional groups attached to an aromatic ring is 1. The number of pyridine rings is 1. The van der Waals surface area contributed by atoms with Crippen LogP contribution in [-0.4, -0.2) is 10.9 Å². The van der Waals surface area contributed by atoms with E-state index in [0.717, 1.165) is 69.7 Å². The summed E-state index contributed by atoms with van der Waals surface area (Å²) >= 11 is 1.36. The molecule has 0 aliphatic heterocycles. The SMILES string of the molecule is Cc1cc(C)c(NC(=O)c2sc3nc4c(c(-c5ccco5)c3c2N)CCCC4)c(C)c1. The molecule has 0 bridgehead atoms. The maximum absolute atomic E-state index is 13.3. The molecule has 0 saturated heterocycles. The first-order valence-electron chi connectivity index (χ1n) is 10.6. The summed E-state index contributed by atoms with van der Waals surface area (Å²) in [5.41, 5.74) is 14.5. The number of anilines is 2. The summed E-state index contributed by atoms with van der Waals surface area (Å²) in [4.78, 5) is 19.5. The van der Waals surface area contributed by atoms with Crippen LogP contribution in [0.3, 0.4) is 0 Å². The maximum Gasteiger partial charge on any atom is 0.267 e. The van der Waals surface area contributed by atoms with Gasteiger partial charge in [0.1, 0.15) is 15.5 Å². The first kappa shape index (κ1) is 19.8. The molecule has 4 aromatic rings. The Morgan fingerprint density at radius 2 is 1.90 bits per heavy atom. The van der Waals surface area contributed by atoms with Crippen molar-refractivity contribution in [3.8, 4) is 11.3 Å². The van der Waals surface area contributed by atoms with E-state index in [1.807, 2.05) is 26.0 Å². The number of aryl methyl sites for hydroxylation is 4. The van der Waals surface area contributed by atoms with Crippen LogP contribution in [0.1, 0.15) is 50.5 Å². The smallest absolute Gasteiger partial charge is 0.267 e. The van der Waals surface area contributed by atoms with E-state index in [-0.39, 0.29) is 5.91 Å². The molecule has 158 valence electrons. The van der Waals surface area contributed by atoms with Crippen molar-refractivity contribution in [1.29, 1.82) is 0 Å². The molecule has 5 nitrogen and oxygen atoms in total. The number of nitrogens with two attached hydrogens (primary N) is 1. The molecular weight excluding hydrogens is 406 g/mol. The Morgan fingerprint density at radius 3 is 2.61 bits per heavy atom. The van der Waals surface area contributed by atoms with Crippen molar-refractivity contribution in [2.24, 2.45) is 0 Å². The molecule has 0 radical (unpaired) electrons. The third-order valence-corrected chi connectivity index (χ3v) is 7.14. The van der Waals surface area contributed by atoms with Gasteiger partial charge in [0.25, 0.3) is 5.91 Å². The van der Waals surface area contributed by atoms with E-state index in [1.54, 1.807) is 6.26 Å². The van der Waals surface area contributed by atoms with E-state index in [2.05, 4.69) is 24.4 Å². The zero-order valence-corrected chi connectivity index (χ0v) is 18.8. The van der Waals surface area contributed by atoms with Crippen molar-refractivity contribution in [2.45, 2.75) is 46.5 Å². The molecule has 1 aliphatic carbocycles. The van der Waals surface area contributed by atoms with Gasteiger partial charge in [0.05, 0.1) is 12.0 Å². The molecule has 0 fully saturated rings. The number of aromatic nitrogens is 1. The number of nitrogens with zero attached hydrogens (tertiary/aromatic N) is 1. The van der Waals surface area contributed by atoms with Gasteiger partial charge in [-0.3, -0.25) is 4.79 Å². The molecule has 0 saturated carbocycles. The Bertz CT molecular complexity index is 1300. The largest absolute Gasteiger partial charge is 0.464 e. The van der Waals surface area contributed by atoms with Crippen LogP contribution in [0.25, 0.3) is 21.5 Å². The highest BCUT2D eigenvalue weighted by Crippen LogP contribution is 2.44. The minimum Gasteiger partial charge on any atom is -0.464 e. The zero-order chi connectivity index (χ0) is 21.7. The summed E-state index contributed by atoms with van der Waals surface area (Å²) in [5, 5.41) is 3.92. The molecule has 31 heavy (non-hydrogen) atoms. The van der Waals surface area contributed by atoms with E-state index >= 15 is 0 Å². The monoisotopic (exact) mass is 431 g/mol. The Balaban J connectivity index is 1.65. The van der Waals surface area contributed by atoms with Crippen LogP contribution in [0, 0.1) is 20.8 Å². The second-order valence-corrected chi connectivity index (χ2v) is 9.35. The highest BCUT2D eigenvalue weighted by Gasteiger charge is 2.27. The van der Waals surface area contributed by atoms with E-state index in [9.17, 15) is 4.79 Å². The Hall–Kier alpha value is -3.12. The summed E-state index contributed by atoms with van der Waals surface area (Å²) in [5.74, 6) is 0.589. The molecule has 1 aliphatic rings. The number of hydrogen-bond donors (Lipinski definition) is 2. The van der Waals surface area contributed by atoms with Crippen LogP contribution in [0.5, 0.6) is 0 Å². The fourth-order valence-corrected chi connectivity index (χ4v) is 5.74. The van der Waals surface area contributed by atoms with E-state index in [0.29, 0.717) is 10.6 Å². The van der Waals surface area contributed by atoms with Gasteiger partial charge in [-0.25, -0.2) is 4.98 Å². The number of furan rings is 1. The fraction of sp³-hybridized carbons (Fsp3) is 0.280. The quantitative estimate of drug-likeness (QED) is 0.405. The third-order valence-electron chi connectivity index (χ3n) is 6.04. The van der Waals surface area contributed by atoms with Crippen LogP contribution in [-0.2, 0) is 12.8 Å². The lowest BCUT2D eigenvalue weighted by Crippen LogP contribution is -2.14. The fourth-order valence-electron chi connectivity index (χ4n) is 4.72. The van der Waals surface area contributed by atoms with Gasteiger partial charge in [-0.05, 0) is 75.3 Å². The first-order valence-corrected chi connectivity index (χ1v) is 11.4. The minimum atomic E-state index is -0.195. The van der Waals surface area contributed by atoms with Gasteiger partial charge in [-0.2, -0.15) is 0 Å². The number of nitrogens with one attached hydrogen (secondary N) is 1. The van der Waals surface area contributed by atoms with Crippen molar-refractivity contribution < 1.29 is 9.21 Å². The normalized spacial score (nSPS) is 13.4. The number of hydrogen-bond acceptors (Lipinski definition) is 5. The number of amides is 1. The summed E-state index contributed by atoms with van der Waals surface area (Å²) in [7, 11) is 0. The highest BCUT2D eigenvalue weighted by molar-refractivity contribution is 7.21. The van der Waals surface area contributed by atoms with E-state index in [1.165, 1.54) is 22.5 Å². The molecule has 1 amide bonds. The van der Waals surface area contributed by atoms with E-state index in [4.69, 9.17) is 15.1 Å². The molecule has 0 unspecified atom stereocenters. The predicted octanol–water partition coefficient (Wildman–Crippen LogP) is 6.19. The predicted molar refractivity (Wildman–Crippen MR) is 127 cm³/mol. The molecule has 3 N–H and O–H groups in total. The van der Waals surface area contributed by atoms with Crippen molar-refractivity contribution >= 4 is 38.8 Å². The first-order chi connectivity index (χ1) is 14.9. The minimum absolute atomic E-state index is 0.195. The molecule has 0 spiro atoms. The average Bonchev–Trinajstić information content (AvgIpc) is 3.37. The highest BCUT2D eigenvalue weighted by atomic mass is 32.1. The van der Waals surface area contributed by atoms with E-state index < -0.39 is 0 Å². The van der Waals surface area contributed by atoms with Crippen molar-refractivity contribution in [2.75, 3.05) is 11.1 Å². The van der Waals surface area contributed by atoms with Crippen LogP contribution >= 0.6 is 11.3 Å². The number of rotatable bonds is 3. The van der Waals surface area contributed by atoms with Gasteiger partial charge in [0.2, 0.25) is 0 Å². The van der Waals surface area contributed by atoms with Crippen LogP contribution < -0.4 is 11.1 Å². The Kier molecular flexibility index (Phi) is 4.82. The van der Waals surface area contributed by atoms with Crippen molar-refractivity contribution in [3.63, 3.8) is 0 Å². The average molecular weight is 432 g/mol. The molecule has 5 rings (SSSR count). The number of fused-ring (bicyclic) bond motifs is 2. The molecular formula is C25H25N3O2S. The molecule has 6 heteroatoms. The standard InChI is InChI=1S/C25H25N3O2S/c1-13-11-14(2)22(15(3)12-13)28-24(29)23-21(26)20-19(18-9-6-10-30-18)16-7-4-5-8-17(16)27-25(20)31-23/h6,9-12H,4-5,7-8,26H2,1-3H3,(H,28,29). The van der Waals surface area contributed by atoms with Crippen molar-refractivity contribution in [3.05, 3.63) is 63.4 Å². The third kappa shape index (κ3) is 3.31. The van der Waals surface area contributed by atoms with Crippen LogP contribution in [0.4, 0.5) is 11.4 Å². The topological polar surface area (TPSA) is 81.2 Å². The van der Waals surface area contributed by atoms with Gasteiger partial charge in [0.15, 0.2) is 0 Å². The second-order valence-electron chi connectivity index (χ2n) is 8.35. The Morgan fingerprint density at radius 1 is 1.16 bits per heavy atom. The van der Waals surface area contributed by atoms with Crippen LogP contribution in [0.2, 0.25) is 0 Å². The summed E-state index contributed by atoms with van der Waals surface area (Å²) in [6.07, 6.45) is 5.82. The van der Waals surface area contributed by atoms with Gasteiger partial charge < -0.3 is 15.5 Å². The number of carbonyl (C=O) groups excluding carboxylic acids is 1. The number of benzene rings is 1. The Labute approximate surface area is 185 Å². The molecule has 3 aromatic heterocycles. The summed E-state index contributed by atoms with van der Waals surface area (Å²) in [6.45, 7) is 6.07. The summed E-state index contributed by atoms with van der Waals surface area (Å²) in [6, 6.07) is 7.98. The van der Waals surface area contributed by atoms with Gasteiger partial charge in [0, 0.05) is 22.3 Å².